The zero-order chi connectivity index (χ0) is 26.3. The van der Waals surface area contributed by atoms with Crippen molar-refractivity contribution in [3.8, 4) is 22.8 Å². The fraction of sp³-hybridized carbons (Fsp3) is 0.323. The molecule has 0 bridgehead atoms. The van der Waals surface area contributed by atoms with Gasteiger partial charge in [-0.05, 0) is 79.4 Å². The van der Waals surface area contributed by atoms with Gasteiger partial charge in [-0.15, -0.1) is 0 Å². The Hall–Kier alpha value is -3.93. The molecule has 0 unspecified atom stereocenters. The number of hydrogen-bond acceptors (Lipinski definition) is 6. The minimum absolute atomic E-state index is 0.372. The van der Waals surface area contributed by atoms with Gasteiger partial charge < -0.3 is 14.2 Å². The van der Waals surface area contributed by atoms with E-state index in [1.165, 1.54) is 11.6 Å². The Morgan fingerprint density at radius 1 is 0.838 bits per heavy atom. The molecule has 1 aromatic heterocycles. The van der Waals surface area contributed by atoms with Gasteiger partial charge in [0.05, 0.1) is 24.5 Å². The van der Waals surface area contributed by atoms with Crippen LogP contribution < -0.4 is 9.47 Å². The molecule has 0 fully saturated rings. The Bertz CT molecular complexity index is 1120. The number of carbonyl (C=O) groups is 2. The first kappa shape index (κ1) is 27.7. The number of ether oxygens (including phenoxy) is 3. The third kappa shape index (κ3) is 9.56. The van der Waals surface area contributed by atoms with E-state index in [1.807, 2.05) is 24.4 Å². The number of aryl methyl sites for hydroxylation is 1. The molecule has 0 spiro atoms. The van der Waals surface area contributed by atoms with E-state index in [0.29, 0.717) is 24.5 Å². The lowest BCUT2D eigenvalue weighted by molar-refractivity contribution is -0.137. The van der Waals surface area contributed by atoms with Crippen LogP contribution in [0.2, 0.25) is 0 Å². The van der Waals surface area contributed by atoms with Crippen molar-refractivity contribution in [3.05, 3.63) is 90.6 Å². The van der Waals surface area contributed by atoms with E-state index < -0.39 is 5.97 Å². The summed E-state index contributed by atoms with van der Waals surface area (Å²) >= 11 is 0. The highest BCUT2D eigenvalue weighted by Gasteiger charge is 2.10. The highest BCUT2D eigenvalue weighted by atomic mass is 16.5. The average molecular weight is 502 g/mol. The minimum atomic E-state index is -0.417. The number of pyridine rings is 1. The fourth-order valence-electron chi connectivity index (χ4n) is 3.73. The van der Waals surface area contributed by atoms with Crippen LogP contribution in [-0.2, 0) is 16.0 Å². The monoisotopic (exact) mass is 501 g/mol. The summed E-state index contributed by atoms with van der Waals surface area (Å²) in [5, 5.41) is 0. The number of carbonyl (C=O) groups excluding carboxylic acids is 2. The molecule has 0 N–H and O–H groups in total. The Morgan fingerprint density at radius 3 is 2.16 bits per heavy atom. The maximum absolute atomic E-state index is 12.5. The van der Waals surface area contributed by atoms with Crippen molar-refractivity contribution >= 4 is 11.9 Å². The molecule has 0 saturated carbocycles. The summed E-state index contributed by atoms with van der Waals surface area (Å²) in [5.41, 5.74) is 3.55. The first-order chi connectivity index (χ1) is 18.1. The number of rotatable bonds is 15. The molecule has 3 aromatic rings. The van der Waals surface area contributed by atoms with Crippen LogP contribution in [0, 0.1) is 0 Å². The number of benzene rings is 2. The van der Waals surface area contributed by atoms with Gasteiger partial charge in [0.2, 0.25) is 0 Å². The van der Waals surface area contributed by atoms with Crippen molar-refractivity contribution in [2.75, 3.05) is 13.2 Å². The van der Waals surface area contributed by atoms with E-state index in [2.05, 4.69) is 24.6 Å². The van der Waals surface area contributed by atoms with Gasteiger partial charge in [-0.1, -0.05) is 45.3 Å². The molecule has 194 valence electrons. The third-order valence-corrected chi connectivity index (χ3v) is 5.78. The molecule has 6 nitrogen and oxygen atoms in total. The first-order valence-corrected chi connectivity index (χ1v) is 12.9. The molecule has 0 radical (unpaired) electrons. The van der Waals surface area contributed by atoms with Crippen molar-refractivity contribution in [2.24, 2.45) is 0 Å². The molecule has 0 aliphatic heterocycles. The number of unbranched alkanes of at least 4 members (excludes halogenated alkanes) is 4. The molecule has 0 amide bonds. The Balaban J connectivity index is 1.36. The second-order valence-corrected chi connectivity index (χ2v) is 8.73. The Morgan fingerprint density at radius 2 is 1.51 bits per heavy atom. The largest absolute Gasteiger partial charge is 0.494 e. The Labute approximate surface area is 219 Å². The molecule has 37 heavy (non-hydrogen) atoms. The Kier molecular flexibility index (Phi) is 11.4. The lowest BCUT2D eigenvalue weighted by atomic mass is 10.1. The smallest absolute Gasteiger partial charge is 0.343 e. The van der Waals surface area contributed by atoms with Crippen LogP contribution in [-0.4, -0.2) is 30.1 Å². The number of aromatic nitrogens is 1. The highest BCUT2D eigenvalue weighted by molar-refractivity contribution is 5.91. The van der Waals surface area contributed by atoms with Gasteiger partial charge >= 0.3 is 11.9 Å². The van der Waals surface area contributed by atoms with E-state index in [1.54, 1.807) is 36.4 Å². The van der Waals surface area contributed by atoms with Gasteiger partial charge in [-0.3, -0.25) is 4.98 Å². The minimum Gasteiger partial charge on any atom is -0.494 e. The van der Waals surface area contributed by atoms with Crippen LogP contribution >= 0.6 is 0 Å². The average Bonchev–Trinajstić information content (AvgIpc) is 2.93. The standard InChI is InChI=1S/C31H35NO5/c1-3-10-24-11-20-29(32-23-24)25-12-18-28(19-13-25)37-31(34)26-14-16-27(17-15-26)35-21-8-6-5-7-9-22-36-30(33)4-2/h4,11-20,23H,2-3,5-10,21-22H2,1H3. The van der Waals surface area contributed by atoms with Crippen molar-refractivity contribution in [1.82, 2.24) is 4.98 Å². The van der Waals surface area contributed by atoms with Gasteiger partial charge in [-0.2, -0.15) is 0 Å². The molecule has 0 aliphatic carbocycles. The van der Waals surface area contributed by atoms with Crippen molar-refractivity contribution in [1.29, 1.82) is 0 Å². The summed E-state index contributed by atoms with van der Waals surface area (Å²) < 4.78 is 16.2. The summed E-state index contributed by atoms with van der Waals surface area (Å²) in [5.74, 6) is 0.411. The zero-order valence-electron chi connectivity index (χ0n) is 21.5. The molecule has 3 rings (SSSR count). The van der Waals surface area contributed by atoms with E-state index in [-0.39, 0.29) is 5.97 Å². The molecule has 0 saturated heterocycles. The molecular formula is C31H35NO5. The normalized spacial score (nSPS) is 10.5. The molecule has 6 heteroatoms. The quantitative estimate of drug-likeness (QED) is 0.0968. The summed E-state index contributed by atoms with van der Waals surface area (Å²) in [6.07, 6.45) is 10.1. The van der Waals surface area contributed by atoms with Crippen molar-refractivity contribution in [3.63, 3.8) is 0 Å². The molecule has 0 atom stereocenters. The van der Waals surface area contributed by atoms with Crippen LogP contribution in [0.25, 0.3) is 11.3 Å². The van der Waals surface area contributed by atoms with Crippen molar-refractivity contribution < 1.29 is 23.8 Å². The van der Waals surface area contributed by atoms with Crippen LogP contribution in [0.1, 0.15) is 61.4 Å². The number of esters is 2. The van der Waals surface area contributed by atoms with Gasteiger partial charge in [-0.25, -0.2) is 9.59 Å². The second kappa shape index (κ2) is 15.2. The predicted octanol–water partition coefficient (Wildman–Crippen LogP) is 6.98. The second-order valence-electron chi connectivity index (χ2n) is 8.73. The summed E-state index contributed by atoms with van der Waals surface area (Å²) in [6, 6.07) is 18.4. The lowest BCUT2D eigenvalue weighted by Crippen LogP contribution is -2.08. The van der Waals surface area contributed by atoms with Gasteiger partial charge in [0.15, 0.2) is 0 Å². The molecule has 1 heterocycles. The first-order valence-electron chi connectivity index (χ1n) is 12.9. The zero-order valence-corrected chi connectivity index (χ0v) is 21.5. The highest BCUT2D eigenvalue weighted by Crippen LogP contribution is 2.22. The third-order valence-electron chi connectivity index (χ3n) is 5.78. The van der Waals surface area contributed by atoms with Crippen LogP contribution in [0.3, 0.4) is 0 Å². The molecule has 2 aromatic carbocycles. The molecule has 0 aliphatic rings. The summed E-state index contributed by atoms with van der Waals surface area (Å²) in [6.45, 7) is 6.57. The molecular weight excluding hydrogens is 466 g/mol. The van der Waals surface area contributed by atoms with E-state index >= 15 is 0 Å². The lowest BCUT2D eigenvalue weighted by Gasteiger charge is -2.08. The maximum Gasteiger partial charge on any atom is 0.343 e. The predicted molar refractivity (Wildman–Crippen MR) is 145 cm³/mol. The van der Waals surface area contributed by atoms with Gasteiger partial charge in [0.1, 0.15) is 11.5 Å². The van der Waals surface area contributed by atoms with Crippen LogP contribution in [0.15, 0.2) is 79.5 Å². The van der Waals surface area contributed by atoms with E-state index in [9.17, 15) is 9.59 Å². The number of nitrogens with zero attached hydrogens (tertiary/aromatic N) is 1. The summed E-state index contributed by atoms with van der Waals surface area (Å²) in [7, 11) is 0. The van der Waals surface area contributed by atoms with Gasteiger partial charge in [0, 0.05) is 17.8 Å². The van der Waals surface area contributed by atoms with Crippen LogP contribution in [0.4, 0.5) is 0 Å². The SMILES string of the molecule is C=CC(=O)OCCCCCCCOc1ccc(C(=O)Oc2ccc(-c3ccc(CCC)cn3)cc2)cc1. The fourth-order valence-corrected chi connectivity index (χ4v) is 3.73. The van der Waals surface area contributed by atoms with Crippen LogP contribution in [0.5, 0.6) is 11.5 Å². The maximum atomic E-state index is 12.5. The van der Waals surface area contributed by atoms with Gasteiger partial charge in [0.25, 0.3) is 0 Å². The summed E-state index contributed by atoms with van der Waals surface area (Å²) in [4.78, 5) is 28.0. The van der Waals surface area contributed by atoms with E-state index in [4.69, 9.17) is 14.2 Å². The van der Waals surface area contributed by atoms with Crippen molar-refractivity contribution in [2.45, 2.75) is 51.9 Å². The van der Waals surface area contributed by atoms with E-state index in [0.717, 1.165) is 62.0 Å². The topological polar surface area (TPSA) is 74.7 Å². The number of hydrogen-bond donors (Lipinski definition) is 0.